The van der Waals surface area contributed by atoms with Gasteiger partial charge in [-0.25, -0.2) is 0 Å². The number of likely N-dealkylation sites (tertiary alicyclic amines) is 1. The zero-order valence-electron chi connectivity index (χ0n) is 16.7. The molecule has 1 aromatic heterocycles. The minimum Gasteiger partial charge on any atom is -0.493 e. The molecule has 0 bridgehead atoms. The predicted octanol–water partition coefficient (Wildman–Crippen LogP) is 3.37. The number of hydrogen-bond acceptors (Lipinski definition) is 5. The largest absolute Gasteiger partial charge is 0.493 e. The molecule has 6 nitrogen and oxygen atoms in total. The predicted molar refractivity (Wildman–Crippen MR) is 110 cm³/mol. The van der Waals surface area contributed by atoms with Crippen molar-refractivity contribution >= 4 is 5.91 Å². The molecule has 2 aromatic rings. The van der Waals surface area contributed by atoms with E-state index in [0.29, 0.717) is 23.7 Å². The number of hydrogen-bond donors (Lipinski definition) is 1. The lowest BCUT2D eigenvalue weighted by molar-refractivity contribution is 0.0946. The van der Waals surface area contributed by atoms with E-state index in [2.05, 4.69) is 15.2 Å². The van der Waals surface area contributed by atoms with Gasteiger partial charge in [0.2, 0.25) is 0 Å². The van der Waals surface area contributed by atoms with Crippen molar-refractivity contribution in [1.82, 2.24) is 15.2 Å². The highest BCUT2D eigenvalue weighted by molar-refractivity contribution is 5.92. The van der Waals surface area contributed by atoms with Crippen molar-refractivity contribution in [3.63, 3.8) is 0 Å². The Labute approximate surface area is 166 Å². The first-order valence-corrected chi connectivity index (χ1v) is 9.90. The zero-order chi connectivity index (χ0) is 19.8. The average Bonchev–Trinajstić information content (AvgIpc) is 2.77. The van der Waals surface area contributed by atoms with Crippen LogP contribution in [-0.2, 0) is 0 Å². The normalized spacial score (nSPS) is 14.5. The van der Waals surface area contributed by atoms with Gasteiger partial charge in [0.05, 0.1) is 14.2 Å². The lowest BCUT2D eigenvalue weighted by Crippen LogP contribution is -2.33. The highest BCUT2D eigenvalue weighted by atomic mass is 16.5. The number of rotatable bonds is 8. The van der Waals surface area contributed by atoms with Crippen molar-refractivity contribution in [2.24, 2.45) is 0 Å². The van der Waals surface area contributed by atoms with Gasteiger partial charge in [-0.2, -0.15) is 0 Å². The molecule has 0 aliphatic carbocycles. The standard InChI is InChI=1S/C22H29N3O3/c1-27-20-10-8-17(15-21(20)28-2)18-7-9-19(24-16-18)22(26)23-11-6-14-25-12-4-3-5-13-25/h7-10,15-16H,3-6,11-14H2,1-2H3,(H,23,26). The summed E-state index contributed by atoms with van der Waals surface area (Å²) in [5, 5.41) is 2.97. The number of nitrogens with zero attached hydrogens (tertiary/aromatic N) is 2. The van der Waals surface area contributed by atoms with E-state index in [4.69, 9.17) is 9.47 Å². The molecule has 150 valence electrons. The van der Waals surface area contributed by atoms with Crippen molar-refractivity contribution in [3.8, 4) is 22.6 Å². The van der Waals surface area contributed by atoms with Crippen LogP contribution < -0.4 is 14.8 Å². The number of carbonyl (C=O) groups is 1. The number of benzene rings is 1. The molecule has 1 aromatic carbocycles. The first-order chi connectivity index (χ1) is 13.7. The lowest BCUT2D eigenvalue weighted by Gasteiger charge is -2.26. The van der Waals surface area contributed by atoms with E-state index < -0.39 is 0 Å². The first-order valence-electron chi connectivity index (χ1n) is 9.90. The van der Waals surface area contributed by atoms with Crippen molar-refractivity contribution in [3.05, 3.63) is 42.2 Å². The van der Waals surface area contributed by atoms with Gasteiger partial charge in [-0.3, -0.25) is 9.78 Å². The van der Waals surface area contributed by atoms with Crippen LogP contribution in [0.1, 0.15) is 36.2 Å². The summed E-state index contributed by atoms with van der Waals surface area (Å²) in [4.78, 5) is 19.1. The fraction of sp³-hybridized carbons (Fsp3) is 0.455. The van der Waals surface area contributed by atoms with Crippen molar-refractivity contribution in [2.75, 3.05) is 40.4 Å². The number of pyridine rings is 1. The Hall–Kier alpha value is -2.60. The number of amides is 1. The van der Waals surface area contributed by atoms with Gasteiger partial charge in [-0.05, 0) is 62.7 Å². The Morgan fingerprint density at radius 1 is 1.04 bits per heavy atom. The van der Waals surface area contributed by atoms with Gasteiger partial charge in [0.25, 0.3) is 5.91 Å². The molecule has 28 heavy (non-hydrogen) atoms. The molecule has 2 heterocycles. The molecule has 1 fully saturated rings. The molecule has 3 rings (SSSR count). The number of carbonyl (C=O) groups excluding carboxylic acids is 1. The number of methoxy groups -OCH3 is 2. The summed E-state index contributed by atoms with van der Waals surface area (Å²) < 4.78 is 10.6. The molecule has 0 unspecified atom stereocenters. The molecule has 1 saturated heterocycles. The van der Waals surface area contributed by atoms with Crippen LogP contribution in [0.3, 0.4) is 0 Å². The second-order valence-electron chi connectivity index (χ2n) is 7.01. The molecular weight excluding hydrogens is 354 g/mol. The number of ether oxygens (including phenoxy) is 2. The molecule has 0 radical (unpaired) electrons. The molecule has 1 aliphatic heterocycles. The maximum atomic E-state index is 12.3. The summed E-state index contributed by atoms with van der Waals surface area (Å²) in [5.74, 6) is 1.22. The molecule has 0 saturated carbocycles. The van der Waals surface area contributed by atoms with Crippen LogP contribution in [0.4, 0.5) is 0 Å². The van der Waals surface area contributed by atoms with Gasteiger partial charge in [0.15, 0.2) is 11.5 Å². The summed E-state index contributed by atoms with van der Waals surface area (Å²) in [6.45, 7) is 4.10. The van der Waals surface area contributed by atoms with Crippen LogP contribution in [0.25, 0.3) is 11.1 Å². The summed E-state index contributed by atoms with van der Waals surface area (Å²) in [7, 11) is 3.22. The fourth-order valence-electron chi connectivity index (χ4n) is 3.49. The van der Waals surface area contributed by atoms with E-state index in [1.165, 1.54) is 32.4 Å². The Bertz CT molecular complexity index is 771. The molecule has 6 heteroatoms. The third-order valence-electron chi connectivity index (χ3n) is 5.10. The van der Waals surface area contributed by atoms with Crippen LogP contribution in [0, 0.1) is 0 Å². The van der Waals surface area contributed by atoms with Gasteiger partial charge in [0, 0.05) is 18.3 Å². The molecule has 1 amide bonds. The number of piperidine rings is 1. The van der Waals surface area contributed by atoms with Crippen LogP contribution in [0.15, 0.2) is 36.5 Å². The molecule has 0 atom stereocenters. The van der Waals surface area contributed by atoms with E-state index in [0.717, 1.165) is 24.1 Å². The highest BCUT2D eigenvalue weighted by Gasteiger charge is 2.11. The number of nitrogens with one attached hydrogen (secondary N) is 1. The van der Waals surface area contributed by atoms with Gasteiger partial charge < -0.3 is 19.7 Å². The van der Waals surface area contributed by atoms with Gasteiger partial charge in [-0.1, -0.05) is 18.6 Å². The van der Waals surface area contributed by atoms with E-state index >= 15 is 0 Å². The van der Waals surface area contributed by atoms with Crippen LogP contribution in [0.2, 0.25) is 0 Å². The van der Waals surface area contributed by atoms with Crippen LogP contribution in [0.5, 0.6) is 11.5 Å². The Balaban J connectivity index is 1.52. The van der Waals surface area contributed by atoms with E-state index in [1.54, 1.807) is 26.5 Å². The molecule has 0 spiro atoms. The van der Waals surface area contributed by atoms with Gasteiger partial charge >= 0.3 is 0 Å². The van der Waals surface area contributed by atoms with Crippen LogP contribution in [-0.4, -0.2) is 56.2 Å². The lowest BCUT2D eigenvalue weighted by atomic mass is 10.1. The second-order valence-corrected chi connectivity index (χ2v) is 7.01. The minimum atomic E-state index is -0.127. The van der Waals surface area contributed by atoms with E-state index in [-0.39, 0.29) is 5.91 Å². The monoisotopic (exact) mass is 383 g/mol. The Morgan fingerprint density at radius 2 is 1.79 bits per heavy atom. The van der Waals surface area contributed by atoms with Crippen molar-refractivity contribution in [2.45, 2.75) is 25.7 Å². The summed E-state index contributed by atoms with van der Waals surface area (Å²) in [6, 6.07) is 9.36. The minimum absolute atomic E-state index is 0.127. The SMILES string of the molecule is COc1ccc(-c2ccc(C(=O)NCCCN3CCCCC3)nc2)cc1OC. The third kappa shape index (κ3) is 5.23. The molecular formula is C22H29N3O3. The maximum absolute atomic E-state index is 12.3. The summed E-state index contributed by atoms with van der Waals surface area (Å²) in [6.07, 6.45) is 6.61. The van der Waals surface area contributed by atoms with Gasteiger partial charge in [-0.15, -0.1) is 0 Å². The molecule has 1 aliphatic rings. The summed E-state index contributed by atoms with van der Waals surface area (Å²) in [5.41, 5.74) is 2.31. The summed E-state index contributed by atoms with van der Waals surface area (Å²) >= 11 is 0. The van der Waals surface area contributed by atoms with Crippen molar-refractivity contribution < 1.29 is 14.3 Å². The third-order valence-corrected chi connectivity index (χ3v) is 5.10. The average molecular weight is 383 g/mol. The smallest absolute Gasteiger partial charge is 0.269 e. The maximum Gasteiger partial charge on any atom is 0.269 e. The van der Waals surface area contributed by atoms with Crippen molar-refractivity contribution in [1.29, 1.82) is 0 Å². The Morgan fingerprint density at radius 3 is 2.46 bits per heavy atom. The zero-order valence-corrected chi connectivity index (χ0v) is 16.7. The fourth-order valence-corrected chi connectivity index (χ4v) is 3.49. The Kier molecular flexibility index (Phi) is 7.25. The first kappa shape index (κ1) is 20.1. The van der Waals surface area contributed by atoms with Gasteiger partial charge in [0.1, 0.15) is 5.69 Å². The topological polar surface area (TPSA) is 63.7 Å². The highest BCUT2D eigenvalue weighted by Crippen LogP contribution is 2.31. The molecule has 1 N–H and O–H groups in total. The second kappa shape index (κ2) is 10.1. The van der Waals surface area contributed by atoms with E-state index in [1.807, 2.05) is 24.3 Å². The number of aromatic nitrogens is 1. The van der Waals surface area contributed by atoms with Crippen LogP contribution >= 0.6 is 0 Å². The van der Waals surface area contributed by atoms with E-state index in [9.17, 15) is 4.79 Å². The quantitative estimate of drug-likeness (QED) is 0.708.